The minimum Gasteiger partial charge on any atom is -0.374 e. The van der Waals surface area contributed by atoms with Crippen molar-refractivity contribution in [2.24, 2.45) is 0 Å². The Morgan fingerprint density at radius 2 is 2.10 bits per heavy atom. The summed E-state index contributed by atoms with van der Waals surface area (Å²) >= 11 is 0. The highest BCUT2D eigenvalue weighted by atomic mass is 15.2. The lowest BCUT2D eigenvalue weighted by Gasteiger charge is -2.27. The van der Waals surface area contributed by atoms with Crippen molar-refractivity contribution in [1.29, 1.82) is 0 Å². The van der Waals surface area contributed by atoms with Crippen molar-refractivity contribution in [1.82, 2.24) is 4.90 Å². The van der Waals surface area contributed by atoms with Gasteiger partial charge in [0.05, 0.1) is 6.04 Å². The number of allylic oxidation sites excluding steroid dienone is 2. The molecule has 0 N–H and O–H groups in total. The quantitative estimate of drug-likeness (QED) is 0.774. The fourth-order valence-corrected chi connectivity index (χ4v) is 3.76. The Hall–Kier alpha value is -1.96. The van der Waals surface area contributed by atoms with Crippen LogP contribution in [0.1, 0.15) is 24.0 Å². The average molecular weight is 278 g/mol. The van der Waals surface area contributed by atoms with E-state index in [1.165, 1.54) is 42.6 Å². The molecule has 0 radical (unpaired) electrons. The molecule has 1 atom stereocenters. The maximum atomic E-state index is 2.43. The maximum Gasteiger partial charge on any atom is 0.0688 e. The summed E-state index contributed by atoms with van der Waals surface area (Å²) in [6.07, 6.45) is 14.9. The number of nitrogens with zero attached hydrogens (tertiary/aromatic N) is 2. The fraction of sp³-hybridized carbons (Fsp3) is 0.368. The van der Waals surface area contributed by atoms with Gasteiger partial charge in [-0.2, -0.15) is 0 Å². The second kappa shape index (κ2) is 5.10. The summed E-state index contributed by atoms with van der Waals surface area (Å²) < 4.78 is 0. The Labute approximate surface area is 127 Å². The molecule has 108 valence electrons. The van der Waals surface area contributed by atoms with E-state index >= 15 is 0 Å². The largest absolute Gasteiger partial charge is 0.374 e. The molecule has 1 unspecified atom stereocenters. The average Bonchev–Trinajstić information content (AvgIpc) is 2.91. The molecule has 1 fully saturated rings. The summed E-state index contributed by atoms with van der Waals surface area (Å²) in [5, 5.41) is 0. The lowest BCUT2D eigenvalue weighted by atomic mass is 9.97. The first-order valence-corrected chi connectivity index (χ1v) is 7.96. The van der Waals surface area contributed by atoms with Crippen LogP contribution in [0.3, 0.4) is 0 Å². The Bertz CT molecular complexity index is 639. The molecule has 2 nitrogen and oxygen atoms in total. The first-order chi connectivity index (χ1) is 10.3. The smallest absolute Gasteiger partial charge is 0.0688 e. The van der Waals surface area contributed by atoms with Gasteiger partial charge in [-0.25, -0.2) is 0 Å². The van der Waals surface area contributed by atoms with Crippen molar-refractivity contribution in [2.45, 2.75) is 25.3 Å². The van der Waals surface area contributed by atoms with Gasteiger partial charge in [-0.15, -0.1) is 0 Å². The molecule has 0 saturated carbocycles. The normalized spacial score (nSPS) is 25.4. The summed E-state index contributed by atoms with van der Waals surface area (Å²) in [5.74, 6) is 0. The Balaban J connectivity index is 1.64. The zero-order valence-corrected chi connectivity index (χ0v) is 12.6. The summed E-state index contributed by atoms with van der Waals surface area (Å²) in [7, 11) is 2.20. The van der Waals surface area contributed by atoms with Gasteiger partial charge in [0.1, 0.15) is 0 Å². The molecule has 3 aliphatic rings. The van der Waals surface area contributed by atoms with E-state index in [4.69, 9.17) is 0 Å². The second-order valence-electron chi connectivity index (χ2n) is 6.29. The number of benzene rings is 1. The van der Waals surface area contributed by atoms with Crippen molar-refractivity contribution in [3.05, 3.63) is 59.3 Å². The van der Waals surface area contributed by atoms with Crippen LogP contribution in [0.4, 0.5) is 5.69 Å². The van der Waals surface area contributed by atoms with E-state index in [0.717, 1.165) is 6.54 Å². The highest BCUT2D eigenvalue weighted by Gasteiger charge is 2.25. The molecule has 3 aliphatic heterocycles. The van der Waals surface area contributed by atoms with Gasteiger partial charge in [0, 0.05) is 25.8 Å². The molecular formula is C19H22N2. The zero-order chi connectivity index (χ0) is 14.2. The van der Waals surface area contributed by atoms with Crippen LogP contribution in [-0.4, -0.2) is 31.1 Å². The van der Waals surface area contributed by atoms with Gasteiger partial charge in [0.25, 0.3) is 0 Å². The van der Waals surface area contributed by atoms with Crippen molar-refractivity contribution >= 4 is 11.8 Å². The van der Waals surface area contributed by atoms with E-state index in [1.54, 1.807) is 5.57 Å². The molecule has 0 aliphatic carbocycles. The van der Waals surface area contributed by atoms with E-state index in [0.29, 0.717) is 6.04 Å². The number of rotatable bonds is 1. The minimum atomic E-state index is 0.480. The molecule has 0 aromatic heterocycles. The van der Waals surface area contributed by atoms with Gasteiger partial charge in [-0.1, -0.05) is 24.3 Å². The van der Waals surface area contributed by atoms with E-state index in [1.807, 2.05) is 0 Å². The Kier molecular flexibility index (Phi) is 3.10. The van der Waals surface area contributed by atoms with Crippen molar-refractivity contribution < 1.29 is 0 Å². The number of aryl methyl sites for hydroxylation is 1. The van der Waals surface area contributed by atoms with Gasteiger partial charge >= 0.3 is 0 Å². The lowest BCUT2D eigenvalue weighted by molar-refractivity contribution is 0.413. The molecule has 0 bridgehead atoms. The van der Waals surface area contributed by atoms with Gasteiger partial charge in [-0.3, -0.25) is 0 Å². The predicted octanol–water partition coefficient (Wildman–Crippen LogP) is 3.61. The molecule has 3 heterocycles. The van der Waals surface area contributed by atoms with Crippen LogP contribution in [-0.2, 0) is 6.42 Å². The topological polar surface area (TPSA) is 6.48 Å². The minimum absolute atomic E-state index is 0.480. The van der Waals surface area contributed by atoms with Crippen LogP contribution in [0.15, 0.2) is 48.2 Å². The number of hydrogen-bond donors (Lipinski definition) is 0. The van der Waals surface area contributed by atoms with Crippen molar-refractivity contribution in [2.75, 3.05) is 25.0 Å². The van der Waals surface area contributed by atoms with Crippen LogP contribution in [0, 0.1) is 0 Å². The van der Waals surface area contributed by atoms with E-state index in [9.17, 15) is 0 Å². The van der Waals surface area contributed by atoms with Gasteiger partial charge in [0.15, 0.2) is 0 Å². The van der Waals surface area contributed by atoms with Crippen molar-refractivity contribution in [3.63, 3.8) is 0 Å². The maximum absolute atomic E-state index is 2.43. The summed E-state index contributed by atoms with van der Waals surface area (Å²) in [4.78, 5) is 4.81. The monoisotopic (exact) mass is 278 g/mol. The first kappa shape index (κ1) is 12.8. The lowest BCUT2D eigenvalue weighted by Crippen LogP contribution is -2.24. The molecular weight excluding hydrogens is 256 g/mol. The highest BCUT2D eigenvalue weighted by molar-refractivity contribution is 5.64. The molecule has 1 aromatic carbocycles. The van der Waals surface area contributed by atoms with Crippen LogP contribution >= 0.6 is 0 Å². The standard InChI is InChI=1S/C19H22N2/c1-20-10-4-5-16-13-15(7-8-18(16)20)14-17-9-12-21-11-3-2-6-19(17)21/h2-3,6-8,11,13-14,19H,4-5,9-10,12H2,1H3/b17-14+. The highest BCUT2D eigenvalue weighted by Crippen LogP contribution is 2.31. The summed E-state index contributed by atoms with van der Waals surface area (Å²) in [6, 6.07) is 7.44. The van der Waals surface area contributed by atoms with Crippen LogP contribution in [0.2, 0.25) is 0 Å². The van der Waals surface area contributed by atoms with Crippen molar-refractivity contribution in [3.8, 4) is 0 Å². The van der Waals surface area contributed by atoms with Gasteiger partial charge in [0.2, 0.25) is 0 Å². The second-order valence-corrected chi connectivity index (χ2v) is 6.29. The zero-order valence-electron chi connectivity index (χ0n) is 12.6. The predicted molar refractivity (Wildman–Crippen MR) is 89.4 cm³/mol. The molecule has 0 spiro atoms. The Morgan fingerprint density at radius 1 is 1.14 bits per heavy atom. The third-order valence-electron chi connectivity index (χ3n) is 4.88. The Morgan fingerprint density at radius 3 is 3.05 bits per heavy atom. The fourth-order valence-electron chi connectivity index (χ4n) is 3.76. The van der Waals surface area contributed by atoms with Gasteiger partial charge in [-0.05, 0) is 60.4 Å². The number of hydrogen-bond acceptors (Lipinski definition) is 2. The number of fused-ring (bicyclic) bond motifs is 2. The van der Waals surface area contributed by atoms with E-state index < -0.39 is 0 Å². The molecule has 4 rings (SSSR count). The third-order valence-corrected chi connectivity index (χ3v) is 4.88. The molecule has 1 saturated heterocycles. The summed E-state index contributed by atoms with van der Waals surface area (Å²) in [6.45, 7) is 2.33. The SMILES string of the molecule is CN1CCCc2cc(/C=C3\CCN4C=CC=CC34)ccc21. The van der Waals surface area contributed by atoms with Crippen LogP contribution in [0.5, 0.6) is 0 Å². The molecule has 21 heavy (non-hydrogen) atoms. The van der Waals surface area contributed by atoms with Crippen LogP contribution < -0.4 is 4.90 Å². The first-order valence-electron chi connectivity index (χ1n) is 7.96. The molecule has 2 heteroatoms. The van der Waals surface area contributed by atoms with Crippen LogP contribution in [0.25, 0.3) is 6.08 Å². The van der Waals surface area contributed by atoms with E-state index in [-0.39, 0.29) is 0 Å². The summed E-state index contributed by atoms with van der Waals surface area (Å²) in [5.41, 5.74) is 5.83. The molecule has 0 amide bonds. The number of anilines is 1. The third kappa shape index (κ3) is 2.29. The van der Waals surface area contributed by atoms with E-state index in [2.05, 4.69) is 65.6 Å². The molecule has 1 aromatic rings. The van der Waals surface area contributed by atoms with Gasteiger partial charge < -0.3 is 9.80 Å².